The van der Waals surface area contributed by atoms with Crippen molar-refractivity contribution in [1.29, 1.82) is 0 Å². The first kappa shape index (κ1) is 18.7. The fourth-order valence-electron chi connectivity index (χ4n) is 2.94. The summed E-state index contributed by atoms with van der Waals surface area (Å²) < 4.78 is 34.7. The lowest BCUT2D eigenvalue weighted by Gasteiger charge is -2.13. The maximum absolute atomic E-state index is 12.7. The molecule has 0 aliphatic carbocycles. The number of nitrogens with zero attached hydrogens (tertiary/aromatic N) is 1. The predicted octanol–water partition coefficient (Wildman–Crippen LogP) is 3.68. The van der Waals surface area contributed by atoms with Gasteiger partial charge in [0.15, 0.2) is 0 Å². The first-order chi connectivity index (χ1) is 12.8. The Morgan fingerprint density at radius 1 is 0.926 bits per heavy atom. The van der Waals surface area contributed by atoms with E-state index in [9.17, 15) is 13.2 Å². The molecule has 1 aromatic heterocycles. The molecule has 0 amide bonds. The molecule has 140 valence electrons. The van der Waals surface area contributed by atoms with Gasteiger partial charge in [0.2, 0.25) is 0 Å². The maximum atomic E-state index is 12.7. The second-order valence-electron chi connectivity index (χ2n) is 6.09. The third-order valence-corrected chi connectivity index (χ3v) is 5.67. The summed E-state index contributed by atoms with van der Waals surface area (Å²) in [4.78, 5) is 11.7. The van der Waals surface area contributed by atoms with Crippen LogP contribution in [0.4, 0.5) is 5.69 Å². The van der Waals surface area contributed by atoms with Crippen LogP contribution in [0, 0.1) is 13.8 Å². The molecule has 0 aliphatic heterocycles. The van der Waals surface area contributed by atoms with Crippen molar-refractivity contribution in [2.75, 3.05) is 11.8 Å². The predicted molar refractivity (Wildman–Crippen MR) is 104 cm³/mol. The van der Waals surface area contributed by atoms with Crippen LogP contribution in [-0.2, 0) is 14.8 Å². The molecule has 7 heteroatoms. The van der Waals surface area contributed by atoms with E-state index in [0.29, 0.717) is 5.69 Å². The molecule has 0 bridgehead atoms. The van der Waals surface area contributed by atoms with Crippen molar-refractivity contribution in [3.05, 3.63) is 77.6 Å². The van der Waals surface area contributed by atoms with E-state index in [1.54, 1.807) is 24.3 Å². The number of carbonyl (C=O) groups excluding carboxylic acids is 1. The topological polar surface area (TPSA) is 77.4 Å². The zero-order chi connectivity index (χ0) is 19.6. The van der Waals surface area contributed by atoms with E-state index in [4.69, 9.17) is 0 Å². The summed E-state index contributed by atoms with van der Waals surface area (Å²) in [5, 5.41) is 0. The van der Waals surface area contributed by atoms with Crippen LogP contribution in [0.1, 0.15) is 21.7 Å². The largest absolute Gasteiger partial charge is 0.465 e. The quantitative estimate of drug-likeness (QED) is 0.681. The van der Waals surface area contributed by atoms with Gasteiger partial charge in [0.05, 0.1) is 12.7 Å². The molecule has 0 spiro atoms. The van der Waals surface area contributed by atoms with Gasteiger partial charge < -0.3 is 9.30 Å². The number of ether oxygens (including phenoxy) is 1. The molecular formula is C20H20N2O4S. The summed E-state index contributed by atoms with van der Waals surface area (Å²) in [5.41, 5.74) is 3.51. The molecule has 0 unspecified atom stereocenters. The zero-order valence-corrected chi connectivity index (χ0v) is 16.1. The van der Waals surface area contributed by atoms with Crippen LogP contribution in [-0.4, -0.2) is 26.1 Å². The van der Waals surface area contributed by atoms with Crippen molar-refractivity contribution in [3.63, 3.8) is 0 Å². The lowest BCUT2D eigenvalue weighted by molar-refractivity contribution is 0.0596. The summed E-state index contributed by atoms with van der Waals surface area (Å²) in [6.07, 6.45) is 0. The van der Waals surface area contributed by atoms with Gasteiger partial charge in [-0.3, -0.25) is 4.72 Å². The average molecular weight is 384 g/mol. The summed E-state index contributed by atoms with van der Waals surface area (Å²) in [7, 11) is -2.73. The highest BCUT2D eigenvalue weighted by Crippen LogP contribution is 2.23. The third kappa shape index (κ3) is 3.73. The fraction of sp³-hybridized carbons (Fsp3) is 0.150. The number of aromatic nitrogens is 1. The number of nitrogens with one attached hydrogen (secondary N) is 1. The Morgan fingerprint density at radius 3 is 2.11 bits per heavy atom. The standard InChI is InChI=1S/C20H20N2O4S/c1-14-8-9-15(2)22(14)17-12-10-16(11-13-17)21-27(24,25)19-7-5-4-6-18(19)20(23)26-3/h4-13,21H,1-3H3. The molecule has 3 aromatic rings. The number of hydrogen-bond donors (Lipinski definition) is 1. The van der Waals surface area contributed by atoms with E-state index in [1.807, 2.05) is 38.1 Å². The van der Waals surface area contributed by atoms with E-state index in [0.717, 1.165) is 17.1 Å². The highest BCUT2D eigenvalue weighted by molar-refractivity contribution is 7.92. The summed E-state index contributed by atoms with van der Waals surface area (Å²) in [6, 6.07) is 17.0. The first-order valence-electron chi connectivity index (χ1n) is 8.29. The van der Waals surface area contributed by atoms with Crippen LogP contribution in [0.3, 0.4) is 0 Å². The normalized spacial score (nSPS) is 11.2. The highest BCUT2D eigenvalue weighted by Gasteiger charge is 2.22. The number of hydrogen-bond acceptors (Lipinski definition) is 4. The number of aryl methyl sites for hydroxylation is 2. The highest BCUT2D eigenvalue weighted by atomic mass is 32.2. The minimum atomic E-state index is -3.94. The summed E-state index contributed by atoms with van der Waals surface area (Å²) >= 11 is 0. The van der Waals surface area contributed by atoms with Gasteiger partial charge in [-0.05, 0) is 62.4 Å². The van der Waals surface area contributed by atoms with Gasteiger partial charge in [-0.1, -0.05) is 12.1 Å². The molecule has 0 atom stereocenters. The number of anilines is 1. The molecule has 3 rings (SSSR count). The van der Waals surface area contributed by atoms with Gasteiger partial charge in [-0.25, -0.2) is 13.2 Å². The Bertz CT molecular complexity index is 1060. The average Bonchev–Trinajstić information content (AvgIpc) is 3.00. The van der Waals surface area contributed by atoms with Gasteiger partial charge >= 0.3 is 5.97 Å². The van der Waals surface area contributed by atoms with Crippen molar-refractivity contribution >= 4 is 21.7 Å². The third-order valence-electron chi connectivity index (χ3n) is 4.23. The summed E-state index contributed by atoms with van der Waals surface area (Å²) in [5.74, 6) is -0.704. The van der Waals surface area contributed by atoms with Gasteiger partial charge in [0, 0.05) is 22.8 Å². The van der Waals surface area contributed by atoms with Crippen LogP contribution in [0.25, 0.3) is 5.69 Å². The zero-order valence-electron chi connectivity index (χ0n) is 15.3. The second kappa shape index (κ2) is 7.28. The number of esters is 1. The van der Waals surface area contributed by atoms with Crippen molar-refractivity contribution in [1.82, 2.24) is 4.57 Å². The van der Waals surface area contributed by atoms with Gasteiger partial charge in [-0.15, -0.1) is 0 Å². The van der Waals surface area contributed by atoms with Crippen LogP contribution >= 0.6 is 0 Å². The lowest BCUT2D eigenvalue weighted by atomic mass is 10.2. The van der Waals surface area contributed by atoms with Crippen LogP contribution in [0.15, 0.2) is 65.6 Å². The number of sulfonamides is 1. The lowest BCUT2D eigenvalue weighted by Crippen LogP contribution is -2.17. The molecule has 1 N–H and O–H groups in total. The summed E-state index contributed by atoms with van der Waals surface area (Å²) in [6.45, 7) is 4.01. The van der Waals surface area contributed by atoms with E-state index in [-0.39, 0.29) is 10.5 Å². The van der Waals surface area contributed by atoms with Crippen LogP contribution < -0.4 is 4.72 Å². The Labute approximate surface area is 158 Å². The van der Waals surface area contributed by atoms with Crippen molar-refractivity contribution in [2.24, 2.45) is 0 Å². The van der Waals surface area contributed by atoms with Gasteiger partial charge in [0.25, 0.3) is 10.0 Å². The molecule has 0 radical (unpaired) electrons. The Morgan fingerprint density at radius 2 is 1.52 bits per heavy atom. The smallest absolute Gasteiger partial charge is 0.339 e. The van der Waals surface area contributed by atoms with Crippen molar-refractivity contribution < 1.29 is 17.9 Å². The molecule has 1 heterocycles. The van der Waals surface area contributed by atoms with Crippen LogP contribution in [0.5, 0.6) is 0 Å². The number of rotatable bonds is 5. The minimum Gasteiger partial charge on any atom is -0.465 e. The fourth-order valence-corrected chi connectivity index (χ4v) is 4.20. The van der Waals surface area contributed by atoms with E-state index < -0.39 is 16.0 Å². The van der Waals surface area contributed by atoms with Gasteiger partial charge in [-0.2, -0.15) is 0 Å². The Balaban J connectivity index is 1.91. The number of carbonyl (C=O) groups is 1. The molecule has 0 aliphatic rings. The molecule has 27 heavy (non-hydrogen) atoms. The molecule has 2 aromatic carbocycles. The second-order valence-corrected chi connectivity index (χ2v) is 7.74. The first-order valence-corrected chi connectivity index (χ1v) is 9.77. The van der Waals surface area contributed by atoms with E-state index in [2.05, 4.69) is 14.0 Å². The Kier molecular flexibility index (Phi) is 5.05. The number of benzene rings is 2. The molecule has 6 nitrogen and oxygen atoms in total. The van der Waals surface area contributed by atoms with E-state index in [1.165, 1.54) is 19.2 Å². The Hall–Kier alpha value is -3.06. The van der Waals surface area contributed by atoms with E-state index >= 15 is 0 Å². The molecule has 0 saturated carbocycles. The molecular weight excluding hydrogens is 364 g/mol. The minimum absolute atomic E-state index is 0.0114. The van der Waals surface area contributed by atoms with Gasteiger partial charge in [0.1, 0.15) is 4.90 Å². The van der Waals surface area contributed by atoms with Crippen molar-refractivity contribution in [3.8, 4) is 5.69 Å². The van der Waals surface area contributed by atoms with Crippen molar-refractivity contribution in [2.45, 2.75) is 18.7 Å². The molecule has 0 saturated heterocycles. The monoisotopic (exact) mass is 384 g/mol. The maximum Gasteiger partial charge on any atom is 0.339 e. The van der Waals surface area contributed by atoms with Crippen LogP contribution in [0.2, 0.25) is 0 Å². The molecule has 0 fully saturated rings. The SMILES string of the molecule is COC(=O)c1ccccc1S(=O)(=O)Nc1ccc(-n2c(C)ccc2C)cc1. The number of methoxy groups -OCH3 is 1.